The van der Waals surface area contributed by atoms with Crippen LogP contribution in [0.5, 0.6) is 0 Å². The van der Waals surface area contributed by atoms with Crippen LogP contribution < -0.4 is 0 Å². The molecule has 7 aromatic rings. The molecule has 0 aliphatic carbocycles. The molecular weight excluding hydrogens is 472 g/mol. The molecule has 0 saturated heterocycles. The zero-order chi connectivity index (χ0) is 26.0. The normalized spacial score (nSPS) is 12.1. The summed E-state index contributed by atoms with van der Waals surface area (Å²) in [7, 11) is 0. The number of furan rings is 1. The van der Waals surface area contributed by atoms with Crippen molar-refractivity contribution < 1.29 is 4.42 Å². The summed E-state index contributed by atoms with van der Waals surface area (Å²) < 4.78 is 6.31. The van der Waals surface area contributed by atoms with Crippen molar-refractivity contribution in [2.75, 3.05) is 0 Å². The van der Waals surface area contributed by atoms with Crippen LogP contribution >= 0.6 is 0 Å². The van der Waals surface area contributed by atoms with Gasteiger partial charge >= 0.3 is 0 Å². The standard InChI is InChI=1S/C38H28O/c1-3-10-27(11-4-1)26-36(31-20-18-29(19-21-31)28-12-5-2-6-13-28)32-24-22-30(23-25-32)33-15-9-16-35-34-14-7-8-17-37(34)39-38(33)35/h1-25,36H,26H2. The van der Waals surface area contributed by atoms with Crippen LogP contribution in [0.4, 0.5) is 0 Å². The summed E-state index contributed by atoms with van der Waals surface area (Å²) in [5.41, 5.74) is 10.6. The van der Waals surface area contributed by atoms with Gasteiger partial charge in [0.1, 0.15) is 11.2 Å². The van der Waals surface area contributed by atoms with Gasteiger partial charge in [-0.2, -0.15) is 0 Å². The van der Waals surface area contributed by atoms with Crippen LogP contribution in [0.3, 0.4) is 0 Å². The number of hydrogen-bond acceptors (Lipinski definition) is 1. The maximum atomic E-state index is 6.31. The molecule has 0 aliphatic heterocycles. The summed E-state index contributed by atoms with van der Waals surface area (Å²) >= 11 is 0. The summed E-state index contributed by atoms with van der Waals surface area (Å²) in [6.07, 6.45) is 0.948. The minimum atomic E-state index is 0.258. The minimum absolute atomic E-state index is 0.258. The summed E-state index contributed by atoms with van der Waals surface area (Å²) in [5, 5.41) is 2.32. The zero-order valence-electron chi connectivity index (χ0n) is 21.6. The maximum absolute atomic E-state index is 6.31. The van der Waals surface area contributed by atoms with Crippen molar-refractivity contribution in [1.82, 2.24) is 0 Å². The summed E-state index contributed by atoms with van der Waals surface area (Å²) in [6.45, 7) is 0. The van der Waals surface area contributed by atoms with Crippen LogP contribution in [0, 0.1) is 0 Å². The van der Waals surface area contributed by atoms with Crippen LogP contribution in [0.2, 0.25) is 0 Å². The van der Waals surface area contributed by atoms with Gasteiger partial charge in [-0.1, -0.05) is 146 Å². The second-order valence-electron chi connectivity index (χ2n) is 10.1. The molecule has 0 amide bonds. The Kier molecular flexibility index (Phi) is 6.03. The minimum Gasteiger partial charge on any atom is -0.455 e. The highest BCUT2D eigenvalue weighted by Gasteiger charge is 2.17. The third kappa shape index (κ3) is 4.53. The predicted octanol–water partition coefficient (Wildman–Crippen LogP) is 10.3. The Labute approximate surface area is 229 Å². The molecule has 1 nitrogen and oxygen atoms in total. The molecule has 1 atom stereocenters. The Balaban J connectivity index is 1.26. The van der Waals surface area contributed by atoms with Crippen molar-refractivity contribution in [3.05, 3.63) is 168 Å². The van der Waals surface area contributed by atoms with E-state index in [9.17, 15) is 0 Å². The van der Waals surface area contributed by atoms with Gasteiger partial charge in [-0.3, -0.25) is 0 Å². The van der Waals surface area contributed by atoms with Gasteiger partial charge in [0.15, 0.2) is 0 Å². The number of fused-ring (bicyclic) bond motifs is 3. The van der Waals surface area contributed by atoms with Gasteiger partial charge in [0.25, 0.3) is 0 Å². The molecule has 39 heavy (non-hydrogen) atoms. The largest absolute Gasteiger partial charge is 0.455 e. The number of benzene rings is 6. The van der Waals surface area contributed by atoms with Gasteiger partial charge in [0, 0.05) is 22.3 Å². The van der Waals surface area contributed by atoms with Gasteiger partial charge in [-0.05, 0) is 45.9 Å². The molecule has 1 unspecified atom stereocenters. The van der Waals surface area contributed by atoms with Crippen molar-refractivity contribution >= 4 is 21.9 Å². The molecule has 186 valence electrons. The van der Waals surface area contributed by atoms with E-state index in [0.29, 0.717) is 0 Å². The topological polar surface area (TPSA) is 13.1 Å². The van der Waals surface area contributed by atoms with Crippen LogP contribution in [-0.2, 0) is 6.42 Å². The van der Waals surface area contributed by atoms with E-state index >= 15 is 0 Å². The third-order valence-electron chi connectivity index (χ3n) is 7.73. The van der Waals surface area contributed by atoms with E-state index in [1.54, 1.807) is 0 Å². The molecule has 0 bridgehead atoms. The summed E-state index contributed by atoms with van der Waals surface area (Å²) in [4.78, 5) is 0. The first kappa shape index (κ1) is 23.3. The van der Waals surface area contributed by atoms with E-state index in [4.69, 9.17) is 4.42 Å². The van der Waals surface area contributed by atoms with Crippen LogP contribution in [0.15, 0.2) is 156 Å². The fourth-order valence-corrected chi connectivity index (χ4v) is 5.69. The Hall–Kier alpha value is -4.88. The molecular formula is C38H28O. The molecule has 0 saturated carbocycles. The van der Waals surface area contributed by atoms with Crippen LogP contribution in [0.1, 0.15) is 22.6 Å². The van der Waals surface area contributed by atoms with E-state index in [0.717, 1.165) is 33.9 Å². The van der Waals surface area contributed by atoms with Crippen molar-refractivity contribution in [2.45, 2.75) is 12.3 Å². The molecule has 0 radical (unpaired) electrons. The van der Waals surface area contributed by atoms with Gasteiger partial charge in [0.2, 0.25) is 0 Å². The van der Waals surface area contributed by atoms with E-state index in [-0.39, 0.29) is 5.92 Å². The molecule has 0 fully saturated rings. The number of para-hydroxylation sites is 2. The summed E-state index contributed by atoms with van der Waals surface area (Å²) in [6, 6.07) is 54.2. The lowest BCUT2D eigenvalue weighted by Crippen LogP contribution is -2.05. The maximum Gasteiger partial charge on any atom is 0.143 e. The van der Waals surface area contributed by atoms with E-state index in [1.165, 1.54) is 33.4 Å². The van der Waals surface area contributed by atoms with Crippen molar-refractivity contribution in [2.24, 2.45) is 0 Å². The SMILES string of the molecule is c1ccc(CC(c2ccc(-c3ccccc3)cc2)c2ccc(-c3cccc4c3oc3ccccc34)cc2)cc1. The molecule has 1 heteroatoms. The second kappa shape index (κ2) is 10.1. The highest BCUT2D eigenvalue weighted by atomic mass is 16.3. The lowest BCUT2D eigenvalue weighted by molar-refractivity contribution is 0.670. The van der Waals surface area contributed by atoms with Gasteiger partial charge < -0.3 is 4.42 Å². The lowest BCUT2D eigenvalue weighted by Gasteiger charge is -2.19. The van der Waals surface area contributed by atoms with Crippen LogP contribution in [0.25, 0.3) is 44.2 Å². The average Bonchev–Trinajstić information content (AvgIpc) is 3.40. The third-order valence-corrected chi connectivity index (χ3v) is 7.73. The first-order valence-electron chi connectivity index (χ1n) is 13.5. The first-order valence-corrected chi connectivity index (χ1v) is 13.5. The van der Waals surface area contributed by atoms with E-state index in [2.05, 4.69) is 140 Å². The summed E-state index contributed by atoms with van der Waals surface area (Å²) in [5.74, 6) is 0.258. The molecule has 1 heterocycles. The van der Waals surface area contributed by atoms with Crippen molar-refractivity contribution in [3.8, 4) is 22.3 Å². The fraction of sp³-hybridized carbons (Fsp3) is 0.0526. The quantitative estimate of drug-likeness (QED) is 0.221. The molecule has 0 spiro atoms. The highest BCUT2D eigenvalue weighted by molar-refractivity contribution is 6.09. The van der Waals surface area contributed by atoms with Gasteiger partial charge in [-0.15, -0.1) is 0 Å². The average molecular weight is 501 g/mol. The van der Waals surface area contributed by atoms with Crippen LogP contribution in [-0.4, -0.2) is 0 Å². The van der Waals surface area contributed by atoms with Crippen molar-refractivity contribution in [3.63, 3.8) is 0 Å². The molecule has 1 aromatic heterocycles. The Bertz CT molecular complexity index is 1840. The fourth-order valence-electron chi connectivity index (χ4n) is 5.69. The predicted molar refractivity (Wildman–Crippen MR) is 163 cm³/mol. The Morgan fingerprint density at radius 3 is 1.72 bits per heavy atom. The molecule has 0 aliphatic rings. The van der Waals surface area contributed by atoms with E-state index in [1.807, 2.05) is 12.1 Å². The molecule has 6 aromatic carbocycles. The van der Waals surface area contributed by atoms with Gasteiger partial charge in [-0.25, -0.2) is 0 Å². The molecule has 7 rings (SSSR count). The first-order chi connectivity index (χ1) is 19.3. The molecule has 0 N–H and O–H groups in total. The van der Waals surface area contributed by atoms with E-state index < -0.39 is 0 Å². The second-order valence-corrected chi connectivity index (χ2v) is 10.1. The zero-order valence-corrected chi connectivity index (χ0v) is 21.6. The number of hydrogen-bond donors (Lipinski definition) is 0. The number of rotatable bonds is 6. The smallest absolute Gasteiger partial charge is 0.143 e. The highest BCUT2D eigenvalue weighted by Crippen LogP contribution is 2.37. The van der Waals surface area contributed by atoms with Gasteiger partial charge in [0.05, 0.1) is 0 Å². The Morgan fingerprint density at radius 1 is 0.436 bits per heavy atom. The lowest BCUT2D eigenvalue weighted by atomic mass is 9.84. The Morgan fingerprint density at radius 2 is 1.00 bits per heavy atom. The van der Waals surface area contributed by atoms with Crippen molar-refractivity contribution in [1.29, 1.82) is 0 Å². The monoisotopic (exact) mass is 500 g/mol.